The van der Waals surface area contributed by atoms with E-state index in [-0.39, 0.29) is 0 Å². The summed E-state index contributed by atoms with van der Waals surface area (Å²) in [5.41, 5.74) is 2.92. The van der Waals surface area contributed by atoms with Crippen LogP contribution >= 0.6 is 0 Å². The van der Waals surface area contributed by atoms with Crippen LogP contribution in [0, 0.1) is 18.3 Å². The molecule has 0 saturated heterocycles. The summed E-state index contributed by atoms with van der Waals surface area (Å²) < 4.78 is 5.68. The maximum Gasteiger partial charge on any atom is 0.119 e. The Morgan fingerprint density at radius 1 is 1.21 bits per heavy atom. The highest BCUT2D eigenvalue weighted by Gasteiger charge is 2.00. The molecule has 1 aromatic carbocycles. The Hall–Kier alpha value is -2.34. The number of rotatable bonds is 5. The van der Waals surface area contributed by atoms with E-state index in [9.17, 15) is 0 Å². The third-order valence-electron chi connectivity index (χ3n) is 2.95. The van der Waals surface area contributed by atoms with Gasteiger partial charge in [0.05, 0.1) is 18.2 Å². The lowest BCUT2D eigenvalue weighted by molar-refractivity contribution is 0.311. The number of nitriles is 1. The van der Waals surface area contributed by atoms with Crippen molar-refractivity contribution in [3.8, 4) is 11.8 Å². The molecular weight excluding hydrogens is 236 g/mol. The molecule has 0 aliphatic carbocycles. The largest absolute Gasteiger partial charge is 0.494 e. The van der Waals surface area contributed by atoms with Gasteiger partial charge < -0.3 is 4.74 Å². The second kappa shape index (κ2) is 6.55. The highest BCUT2D eigenvalue weighted by atomic mass is 16.5. The molecule has 0 saturated carbocycles. The third-order valence-corrected chi connectivity index (χ3v) is 2.95. The van der Waals surface area contributed by atoms with Gasteiger partial charge in [-0.3, -0.25) is 4.98 Å². The number of hydrogen-bond acceptors (Lipinski definition) is 3. The molecule has 0 N–H and O–H groups in total. The van der Waals surface area contributed by atoms with Crippen molar-refractivity contribution < 1.29 is 4.74 Å². The van der Waals surface area contributed by atoms with Gasteiger partial charge in [0.2, 0.25) is 0 Å². The molecule has 19 heavy (non-hydrogen) atoms. The number of nitrogens with zero attached hydrogens (tertiary/aromatic N) is 2. The van der Waals surface area contributed by atoms with Crippen LogP contribution < -0.4 is 4.74 Å². The van der Waals surface area contributed by atoms with Crippen molar-refractivity contribution in [3.05, 3.63) is 59.4 Å². The molecule has 1 aromatic heterocycles. The Morgan fingerprint density at radius 2 is 2.00 bits per heavy atom. The number of pyridine rings is 1. The van der Waals surface area contributed by atoms with Gasteiger partial charge in [-0.1, -0.05) is 0 Å². The summed E-state index contributed by atoms with van der Waals surface area (Å²) in [6, 6.07) is 11.7. The van der Waals surface area contributed by atoms with Crippen molar-refractivity contribution in [3.63, 3.8) is 0 Å². The van der Waals surface area contributed by atoms with Crippen LogP contribution in [0.25, 0.3) is 0 Å². The summed E-state index contributed by atoms with van der Waals surface area (Å²) in [5.74, 6) is 0.825. The Labute approximate surface area is 113 Å². The summed E-state index contributed by atoms with van der Waals surface area (Å²) in [6.45, 7) is 2.59. The summed E-state index contributed by atoms with van der Waals surface area (Å²) in [6.07, 6.45) is 5.56. The topological polar surface area (TPSA) is 45.9 Å². The lowest BCUT2D eigenvalue weighted by Gasteiger charge is -2.07. The van der Waals surface area contributed by atoms with Gasteiger partial charge >= 0.3 is 0 Å². The molecule has 2 rings (SSSR count). The highest BCUT2D eigenvalue weighted by Crippen LogP contribution is 2.16. The molecule has 0 aliphatic heterocycles. The molecule has 0 bridgehead atoms. The molecule has 0 atom stereocenters. The van der Waals surface area contributed by atoms with Gasteiger partial charge in [-0.05, 0) is 61.2 Å². The monoisotopic (exact) mass is 252 g/mol. The molecule has 1 heterocycles. The van der Waals surface area contributed by atoms with Gasteiger partial charge in [0.25, 0.3) is 0 Å². The predicted octanol–water partition coefficient (Wildman–Crippen LogP) is 3.27. The van der Waals surface area contributed by atoms with E-state index in [4.69, 9.17) is 10.00 Å². The van der Waals surface area contributed by atoms with Gasteiger partial charge in [-0.2, -0.15) is 5.26 Å². The normalized spacial score (nSPS) is 9.89. The maximum absolute atomic E-state index is 8.85. The minimum Gasteiger partial charge on any atom is -0.494 e. The third kappa shape index (κ3) is 3.82. The highest BCUT2D eigenvalue weighted by molar-refractivity contribution is 5.41. The van der Waals surface area contributed by atoms with E-state index in [1.807, 2.05) is 31.2 Å². The molecule has 96 valence electrons. The Balaban J connectivity index is 1.80. The molecule has 0 radical (unpaired) electrons. The molecule has 3 nitrogen and oxygen atoms in total. The molecule has 0 unspecified atom stereocenters. The fourth-order valence-corrected chi connectivity index (χ4v) is 1.87. The van der Waals surface area contributed by atoms with Crippen molar-refractivity contribution in [1.82, 2.24) is 4.98 Å². The first-order chi connectivity index (χ1) is 9.29. The molecule has 0 spiro atoms. The summed E-state index contributed by atoms with van der Waals surface area (Å²) in [4.78, 5) is 3.99. The average Bonchev–Trinajstić information content (AvgIpc) is 2.45. The zero-order valence-electron chi connectivity index (χ0n) is 11.0. The van der Waals surface area contributed by atoms with Gasteiger partial charge in [0.15, 0.2) is 0 Å². The van der Waals surface area contributed by atoms with E-state index < -0.39 is 0 Å². The van der Waals surface area contributed by atoms with E-state index in [1.54, 1.807) is 18.5 Å². The standard InChI is InChI=1S/C16H16N2O/c1-13-11-16(5-4-15(13)12-17)19-10-2-3-14-6-8-18-9-7-14/h4-9,11H,2-3,10H2,1H3. The van der Waals surface area contributed by atoms with Crippen molar-refractivity contribution in [2.45, 2.75) is 19.8 Å². The van der Waals surface area contributed by atoms with Crippen LogP contribution in [0.3, 0.4) is 0 Å². The maximum atomic E-state index is 8.85. The molecule has 3 heteroatoms. The quantitative estimate of drug-likeness (QED) is 0.767. The van der Waals surface area contributed by atoms with Crippen LogP contribution in [0.5, 0.6) is 5.75 Å². The van der Waals surface area contributed by atoms with E-state index >= 15 is 0 Å². The Bertz CT molecular complexity index is 573. The van der Waals surface area contributed by atoms with E-state index in [2.05, 4.69) is 11.1 Å². The van der Waals surface area contributed by atoms with Crippen LogP contribution in [0.2, 0.25) is 0 Å². The molecule has 2 aromatic rings. The van der Waals surface area contributed by atoms with Gasteiger partial charge in [-0.15, -0.1) is 0 Å². The van der Waals surface area contributed by atoms with Crippen molar-refractivity contribution in [1.29, 1.82) is 5.26 Å². The average molecular weight is 252 g/mol. The number of ether oxygens (including phenoxy) is 1. The molecular formula is C16H16N2O. The van der Waals surface area contributed by atoms with Gasteiger partial charge in [0.1, 0.15) is 5.75 Å². The van der Waals surface area contributed by atoms with Gasteiger partial charge in [0, 0.05) is 12.4 Å². The van der Waals surface area contributed by atoms with Crippen LogP contribution in [0.1, 0.15) is 23.1 Å². The Kier molecular flexibility index (Phi) is 4.52. The summed E-state index contributed by atoms with van der Waals surface area (Å²) >= 11 is 0. The summed E-state index contributed by atoms with van der Waals surface area (Å²) in [5, 5.41) is 8.85. The smallest absolute Gasteiger partial charge is 0.119 e. The fourth-order valence-electron chi connectivity index (χ4n) is 1.87. The molecule has 0 fully saturated rings. The first-order valence-electron chi connectivity index (χ1n) is 6.32. The van der Waals surface area contributed by atoms with E-state index in [1.165, 1.54) is 5.56 Å². The second-order valence-electron chi connectivity index (χ2n) is 4.40. The zero-order chi connectivity index (χ0) is 13.5. The van der Waals surface area contributed by atoms with Crippen molar-refractivity contribution in [2.75, 3.05) is 6.61 Å². The second-order valence-corrected chi connectivity index (χ2v) is 4.40. The minimum atomic E-state index is 0.674. The number of aryl methyl sites for hydroxylation is 2. The van der Waals surface area contributed by atoms with Crippen LogP contribution in [0.15, 0.2) is 42.7 Å². The van der Waals surface area contributed by atoms with Crippen LogP contribution in [0.4, 0.5) is 0 Å². The van der Waals surface area contributed by atoms with E-state index in [0.29, 0.717) is 12.2 Å². The Morgan fingerprint density at radius 3 is 2.68 bits per heavy atom. The minimum absolute atomic E-state index is 0.674. The first kappa shape index (κ1) is 13.1. The fraction of sp³-hybridized carbons (Fsp3) is 0.250. The number of hydrogen-bond donors (Lipinski definition) is 0. The lowest BCUT2D eigenvalue weighted by atomic mass is 10.1. The number of aromatic nitrogens is 1. The first-order valence-corrected chi connectivity index (χ1v) is 6.32. The zero-order valence-corrected chi connectivity index (χ0v) is 11.0. The molecule has 0 amide bonds. The van der Waals surface area contributed by atoms with Gasteiger partial charge in [-0.25, -0.2) is 0 Å². The van der Waals surface area contributed by atoms with Crippen LogP contribution in [-0.4, -0.2) is 11.6 Å². The van der Waals surface area contributed by atoms with E-state index in [0.717, 1.165) is 24.2 Å². The van der Waals surface area contributed by atoms with Crippen molar-refractivity contribution in [2.24, 2.45) is 0 Å². The number of benzene rings is 1. The lowest BCUT2D eigenvalue weighted by Crippen LogP contribution is -2.00. The SMILES string of the molecule is Cc1cc(OCCCc2ccncc2)ccc1C#N. The van der Waals surface area contributed by atoms with Crippen LogP contribution in [-0.2, 0) is 6.42 Å². The summed E-state index contributed by atoms with van der Waals surface area (Å²) in [7, 11) is 0. The van der Waals surface area contributed by atoms with Crippen molar-refractivity contribution >= 4 is 0 Å². The predicted molar refractivity (Wildman–Crippen MR) is 73.9 cm³/mol. The molecule has 0 aliphatic rings.